The monoisotopic (exact) mass is 454 g/mol. The van der Waals surface area contributed by atoms with Crippen LogP contribution in [0.1, 0.15) is 65.5 Å². The van der Waals surface area contributed by atoms with Gasteiger partial charge in [0.25, 0.3) is 0 Å². The van der Waals surface area contributed by atoms with Crippen LogP contribution in [-0.4, -0.2) is 36.6 Å². The number of nitrogens with one attached hydrogen (secondary N) is 2. The summed E-state index contributed by atoms with van der Waals surface area (Å²) in [6.07, 6.45) is 3.14. The van der Waals surface area contributed by atoms with Gasteiger partial charge in [0, 0.05) is 23.0 Å². The van der Waals surface area contributed by atoms with E-state index in [1.54, 1.807) is 33.8 Å². The molecule has 178 valence electrons. The Morgan fingerprint density at radius 3 is 1.97 bits per heavy atom. The molecule has 1 aromatic carbocycles. The van der Waals surface area contributed by atoms with Gasteiger partial charge in [0.1, 0.15) is 0 Å². The van der Waals surface area contributed by atoms with Crippen LogP contribution in [0, 0.1) is 0 Å². The smallest absolute Gasteiger partial charge is 0.336 e. The second-order valence-electron chi connectivity index (χ2n) is 8.78. The summed E-state index contributed by atoms with van der Waals surface area (Å²) in [4.78, 5) is 38.3. The van der Waals surface area contributed by atoms with Crippen molar-refractivity contribution in [3.63, 3.8) is 0 Å². The average molecular weight is 455 g/mol. The molecule has 1 heterocycles. The molecule has 0 fully saturated rings. The molecule has 1 aromatic rings. The van der Waals surface area contributed by atoms with Gasteiger partial charge in [-0.2, -0.15) is 0 Å². The molecule has 7 heteroatoms. The van der Waals surface area contributed by atoms with Crippen LogP contribution in [0.15, 0.2) is 52.9 Å². The van der Waals surface area contributed by atoms with Crippen molar-refractivity contribution in [2.45, 2.75) is 59.9 Å². The lowest BCUT2D eigenvalue weighted by atomic mass is 9.78. The summed E-state index contributed by atoms with van der Waals surface area (Å²) >= 11 is 0. The van der Waals surface area contributed by atoms with E-state index in [1.165, 1.54) is 6.08 Å². The molecule has 0 radical (unpaired) electrons. The Morgan fingerprint density at radius 1 is 0.970 bits per heavy atom. The van der Waals surface area contributed by atoms with Crippen LogP contribution in [-0.2, 0) is 23.9 Å². The fraction of sp³-hybridized carbons (Fsp3) is 0.423. The standard InChI is InChI=1S/C26H34N2O5/c1-8-32-24(30)21-16(3)27-17(4)22(25(31)33-9-2)23(21)19-13-11-10-12-18(19)14-15-20(29)28-26(5,6)7/h10-15,23,27H,8-9H2,1-7H3,(H,28,29)/b15-14+. The quantitative estimate of drug-likeness (QED) is 0.478. The number of benzene rings is 1. The van der Waals surface area contributed by atoms with Gasteiger partial charge in [-0.25, -0.2) is 9.59 Å². The van der Waals surface area contributed by atoms with E-state index in [0.29, 0.717) is 33.7 Å². The molecule has 0 bridgehead atoms. The van der Waals surface area contributed by atoms with Gasteiger partial charge in [0.05, 0.1) is 30.3 Å². The fourth-order valence-corrected chi connectivity index (χ4v) is 3.77. The number of dihydropyridines is 1. The molecular formula is C26H34N2O5. The third-order valence-electron chi connectivity index (χ3n) is 4.97. The molecular weight excluding hydrogens is 420 g/mol. The molecule has 2 rings (SSSR count). The van der Waals surface area contributed by atoms with Gasteiger partial charge in [-0.15, -0.1) is 0 Å². The number of carbonyl (C=O) groups excluding carboxylic acids is 3. The number of hydrogen-bond acceptors (Lipinski definition) is 6. The second kappa shape index (κ2) is 11.0. The topological polar surface area (TPSA) is 93.7 Å². The predicted molar refractivity (Wildman–Crippen MR) is 128 cm³/mol. The lowest BCUT2D eigenvalue weighted by Crippen LogP contribution is -2.39. The van der Waals surface area contributed by atoms with Gasteiger partial charge in [-0.1, -0.05) is 24.3 Å². The lowest BCUT2D eigenvalue weighted by molar-refractivity contribution is -0.139. The summed E-state index contributed by atoms with van der Waals surface area (Å²) in [7, 11) is 0. The van der Waals surface area contributed by atoms with Crippen LogP contribution in [0.4, 0.5) is 0 Å². The highest BCUT2D eigenvalue weighted by Crippen LogP contribution is 2.40. The molecule has 0 unspecified atom stereocenters. The maximum absolute atomic E-state index is 13.0. The lowest BCUT2D eigenvalue weighted by Gasteiger charge is -2.31. The van der Waals surface area contributed by atoms with Crippen LogP contribution in [0.25, 0.3) is 6.08 Å². The van der Waals surface area contributed by atoms with Crippen molar-refractivity contribution in [1.82, 2.24) is 10.6 Å². The molecule has 0 aliphatic carbocycles. The molecule has 0 spiro atoms. The van der Waals surface area contributed by atoms with Crippen LogP contribution in [0.3, 0.4) is 0 Å². The van der Waals surface area contributed by atoms with Crippen molar-refractivity contribution >= 4 is 23.9 Å². The van der Waals surface area contributed by atoms with E-state index in [2.05, 4.69) is 10.6 Å². The Hall–Kier alpha value is -3.35. The molecule has 1 aliphatic heterocycles. The third-order valence-corrected chi connectivity index (χ3v) is 4.97. The minimum atomic E-state index is -0.712. The summed E-state index contributed by atoms with van der Waals surface area (Å²) in [5.74, 6) is -1.97. The first-order chi connectivity index (χ1) is 15.5. The third kappa shape index (κ3) is 6.57. The van der Waals surface area contributed by atoms with Crippen molar-refractivity contribution in [1.29, 1.82) is 0 Å². The number of rotatable bonds is 7. The zero-order valence-corrected chi connectivity index (χ0v) is 20.5. The molecule has 1 amide bonds. The van der Waals surface area contributed by atoms with E-state index in [4.69, 9.17) is 9.47 Å². The van der Waals surface area contributed by atoms with Crippen molar-refractivity contribution < 1.29 is 23.9 Å². The van der Waals surface area contributed by atoms with Crippen molar-refractivity contribution in [3.8, 4) is 0 Å². The Balaban J connectivity index is 2.65. The van der Waals surface area contributed by atoms with Crippen molar-refractivity contribution in [2.75, 3.05) is 13.2 Å². The minimum Gasteiger partial charge on any atom is -0.463 e. The molecule has 0 atom stereocenters. The molecule has 1 aliphatic rings. The molecule has 0 saturated heterocycles. The average Bonchev–Trinajstić information content (AvgIpc) is 2.71. The van der Waals surface area contributed by atoms with Crippen LogP contribution < -0.4 is 10.6 Å². The van der Waals surface area contributed by atoms with E-state index < -0.39 is 17.9 Å². The van der Waals surface area contributed by atoms with Crippen LogP contribution in [0.2, 0.25) is 0 Å². The highest BCUT2D eigenvalue weighted by atomic mass is 16.5. The van der Waals surface area contributed by atoms with Crippen LogP contribution >= 0.6 is 0 Å². The normalized spacial score (nSPS) is 14.9. The second-order valence-corrected chi connectivity index (χ2v) is 8.78. The SMILES string of the molecule is CCOC(=O)C1=C(C)NC(C)=C(C(=O)OCC)C1c1ccccc1/C=C/C(=O)NC(C)(C)C. The van der Waals surface area contributed by atoms with Crippen molar-refractivity contribution in [2.24, 2.45) is 0 Å². The first-order valence-corrected chi connectivity index (χ1v) is 11.1. The highest BCUT2D eigenvalue weighted by Gasteiger charge is 2.38. The number of hydrogen-bond donors (Lipinski definition) is 2. The Bertz CT molecular complexity index is 972. The Morgan fingerprint density at radius 2 is 1.48 bits per heavy atom. The minimum absolute atomic E-state index is 0.203. The van der Waals surface area contributed by atoms with E-state index >= 15 is 0 Å². The maximum Gasteiger partial charge on any atom is 0.336 e. The fourth-order valence-electron chi connectivity index (χ4n) is 3.77. The summed E-state index contributed by atoms with van der Waals surface area (Å²) in [5, 5.41) is 6.02. The summed E-state index contributed by atoms with van der Waals surface area (Å²) in [5.41, 5.74) is 2.92. The van der Waals surface area contributed by atoms with Gasteiger partial charge in [0.2, 0.25) is 5.91 Å². The molecule has 0 aromatic heterocycles. The number of allylic oxidation sites excluding steroid dienone is 2. The van der Waals surface area contributed by atoms with E-state index in [0.717, 1.165) is 0 Å². The van der Waals surface area contributed by atoms with Gasteiger partial charge in [-0.3, -0.25) is 4.79 Å². The van der Waals surface area contributed by atoms with Crippen LogP contribution in [0.5, 0.6) is 0 Å². The zero-order chi connectivity index (χ0) is 24.8. The zero-order valence-electron chi connectivity index (χ0n) is 20.5. The Kier molecular flexibility index (Phi) is 8.63. The predicted octanol–water partition coefficient (Wildman–Crippen LogP) is 3.98. The van der Waals surface area contributed by atoms with E-state index in [9.17, 15) is 14.4 Å². The summed E-state index contributed by atoms with van der Waals surface area (Å²) in [6, 6.07) is 7.36. The van der Waals surface area contributed by atoms with E-state index in [1.807, 2.05) is 45.0 Å². The Labute approximate surface area is 195 Å². The highest BCUT2D eigenvalue weighted by molar-refractivity contribution is 6.00. The maximum atomic E-state index is 13.0. The van der Waals surface area contributed by atoms with Crippen molar-refractivity contribution in [3.05, 3.63) is 64.0 Å². The van der Waals surface area contributed by atoms with E-state index in [-0.39, 0.29) is 24.7 Å². The van der Waals surface area contributed by atoms with Gasteiger partial charge in [-0.05, 0) is 65.7 Å². The molecule has 33 heavy (non-hydrogen) atoms. The number of amides is 1. The largest absolute Gasteiger partial charge is 0.463 e. The number of carbonyl (C=O) groups is 3. The first kappa shape index (κ1) is 25.9. The van der Waals surface area contributed by atoms with Gasteiger partial charge >= 0.3 is 11.9 Å². The molecule has 2 N–H and O–H groups in total. The number of esters is 2. The van der Waals surface area contributed by atoms with Gasteiger partial charge in [0.15, 0.2) is 0 Å². The first-order valence-electron chi connectivity index (χ1n) is 11.1. The molecule has 7 nitrogen and oxygen atoms in total. The summed E-state index contributed by atoms with van der Waals surface area (Å²) in [6.45, 7) is 13.1. The van der Waals surface area contributed by atoms with Gasteiger partial charge < -0.3 is 20.1 Å². The molecule has 0 saturated carbocycles. The summed E-state index contributed by atoms with van der Waals surface area (Å²) < 4.78 is 10.7. The number of ether oxygens (including phenoxy) is 2.